The summed E-state index contributed by atoms with van der Waals surface area (Å²) in [6.07, 6.45) is 0. The Kier molecular flexibility index (Phi) is 7.52. The van der Waals surface area contributed by atoms with Gasteiger partial charge in [0.15, 0.2) is 6.61 Å². The van der Waals surface area contributed by atoms with Crippen molar-refractivity contribution in [3.63, 3.8) is 0 Å². The fraction of sp³-hybridized carbons (Fsp3) is 0.269. The first-order valence-electron chi connectivity index (χ1n) is 11.3. The second kappa shape index (κ2) is 10.6. The Balaban J connectivity index is 1.29. The van der Waals surface area contributed by atoms with Crippen LogP contribution in [-0.2, 0) is 14.8 Å². The number of nitrogens with one attached hydrogen (secondary N) is 1. The molecule has 1 saturated heterocycles. The highest BCUT2D eigenvalue weighted by molar-refractivity contribution is 7.92. The number of sulfonamides is 1. The Morgan fingerprint density at radius 1 is 0.943 bits per heavy atom. The van der Waals surface area contributed by atoms with Crippen LogP contribution in [0, 0.1) is 13.8 Å². The van der Waals surface area contributed by atoms with Crippen molar-refractivity contribution in [1.82, 2.24) is 4.90 Å². The lowest BCUT2D eigenvalue weighted by Gasteiger charge is -2.36. The van der Waals surface area contributed by atoms with Gasteiger partial charge in [0.1, 0.15) is 5.75 Å². The molecule has 7 nitrogen and oxygen atoms in total. The normalized spacial score (nSPS) is 14.0. The summed E-state index contributed by atoms with van der Waals surface area (Å²) in [4.78, 5) is 16.7. The molecule has 1 heterocycles. The van der Waals surface area contributed by atoms with Gasteiger partial charge in [-0.2, -0.15) is 0 Å². The zero-order valence-corrected chi connectivity index (χ0v) is 21.3. The van der Waals surface area contributed by atoms with Crippen molar-refractivity contribution in [3.05, 3.63) is 82.9 Å². The molecular formula is C26H28ClN3O4S. The van der Waals surface area contributed by atoms with Crippen LogP contribution in [-0.4, -0.2) is 52.0 Å². The van der Waals surface area contributed by atoms with E-state index in [1.165, 1.54) is 12.1 Å². The average molecular weight is 514 g/mol. The van der Waals surface area contributed by atoms with Crippen LogP contribution < -0.4 is 14.4 Å². The molecule has 0 atom stereocenters. The highest BCUT2D eigenvalue weighted by Gasteiger charge is 2.22. The van der Waals surface area contributed by atoms with Crippen LogP contribution in [0.5, 0.6) is 5.75 Å². The summed E-state index contributed by atoms with van der Waals surface area (Å²) < 4.78 is 33.7. The smallest absolute Gasteiger partial charge is 0.261 e. The molecule has 3 aromatic rings. The van der Waals surface area contributed by atoms with Crippen molar-refractivity contribution in [2.75, 3.05) is 42.4 Å². The minimum atomic E-state index is -3.74. The van der Waals surface area contributed by atoms with Crippen molar-refractivity contribution in [1.29, 1.82) is 0 Å². The molecular weight excluding hydrogens is 486 g/mol. The van der Waals surface area contributed by atoms with Crippen LogP contribution in [0.4, 0.5) is 11.4 Å². The minimum absolute atomic E-state index is 0.107. The molecule has 0 aliphatic carbocycles. The SMILES string of the molecule is Cc1cc(C)cc(NS(=O)(=O)c2ccc(OCC(=O)N3CCN(c4cccc(Cl)c4)CC3)cc2)c1. The van der Waals surface area contributed by atoms with E-state index >= 15 is 0 Å². The number of benzene rings is 3. The van der Waals surface area contributed by atoms with Gasteiger partial charge in [0.05, 0.1) is 4.90 Å². The maximum atomic E-state index is 12.7. The van der Waals surface area contributed by atoms with E-state index in [1.807, 2.05) is 44.2 Å². The largest absolute Gasteiger partial charge is 0.484 e. The summed E-state index contributed by atoms with van der Waals surface area (Å²) in [5.74, 6) is 0.324. The monoisotopic (exact) mass is 513 g/mol. The van der Waals surface area contributed by atoms with Crippen molar-refractivity contribution in [3.8, 4) is 5.75 Å². The molecule has 1 aliphatic rings. The topological polar surface area (TPSA) is 78.9 Å². The number of anilines is 2. The molecule has 0 unspecified atom stereocenters. The number of hydrogen-bond donors (Lipinski definition) is 1. The molecule has 4 rings (SSSR count). The third kappa shape index (κ3) is 6.46. The number of carbonyl (C=O) groups excluding carboxylic acids is 1. The molecule has 0 spiro atoms. The third-order valence-corrected chi connectivity index (χ3v) is 7.41. The Hall–Kier alpha value is -3.23. The van der Waals surface area contributed by atoms with E-state index < -0.39 is 10.0 Å². The van der Waals surface area contributed by atoms with E-state index in [0.717, 1.165) is 16.8 Å². The maximum Gasteiger partial charge on any atom is 0.261 e. The Bertz CT molecular complexity index is 1280. The summed E-state index contributed by atoms with van der Waals surface area (Å²) in [5, 5.41) is 0.689. The summed E-state index contributed by atoms with van der Waals surface area (Å²) >= 11 is 6.08. The maximum absolute atomic E-state index is 12.7. The molecule has 184 valence electrons. The third-order valence-electron chi connectivity index (χ3n) is 5.78. The molecule has 1 N–H and O–H groups in total. The number of aryl methyl sites for hydroxylation is 2. The fourth-order valence-corrected chi connectivity index (χ4v) is 5.31. The predicted molar refractivity (Wildman–Crippen MR) is 139 cm³/mol. The van der Waals surface area contributed by atoms with Crippen LogP contribution in [0.2, 0.25) is 5.02 Å². The number of rotatable bonds is 7. The van der Waals surface area contributed by atoms with Gasteiger partial charge in [0.2, 0.25) is 0 Å². The van der Waals surface area contributed by atoms with E-state index in [0.29, 0.717) is 42.6 Å². The van der Waals surface area contributed by atoms with Crippen LogP contribution in [0.3, 0.4) is 0 Å². The van der Waals surface area contributed by atoms with Crippen molar-refractivity contribution in [2.24, 2.45) is 0 Å². The van der Waals surface area contributed by atoms with E-state index in [2.05, 4.69) is 9.62 Å². The van der Waals surface area contributed by atoms with E-state index in [1.54, 1.807) is 29.2 Å². The van der Waals surface area contributed by atoms with E-state index in [9.17, 15) is 13.2 Å². The summed E-state index contributed by atoms with van der Waals surface area (Å²) in [7, 11) is -3.74. The number of nitrogens with zero attached hydrogens (tertiary/aromatic N) is 2. The van der Waals surface area contributed by atoms with Gasteiger partial charge in [-0.3, -0.25) is 9.52 Å². The van der Waals surface area contributed by atoms with Gasteiger partial charge < -0.3 is 14.5 Å². The lowest BCUT2D eigenvalue weighted by molar-refractivity contribution is -0.133. The molecule has 1 amide bonds. The molecule has 1 aliphatic heterocycles. The molecule has 0 saturated carbocycles. The van der Waals surface area contributed by atoms with E-state index in [4.69, 9.17) is 16.3 Å². The first kappa shape index (κ1) is 24.9. The van der Waals surface area contributed by atoms with Gasteiger partial charge in [0, 0.05) is 42.6 Å². The number of ether oxygens (including phenoxy) is 1. The molecule has 0 bridgehead atoms. The van der Waals surface area contributed by atoms with Gasteiger partial charge in [-0.1, -0.05) is 23.7 Å². The van der Waals surface area contributed by atoms with Gasteiger partial charge in [-0.15, -0.1) is 0 Å². The Morgan fingerprint density at radius 3 is 2.23 bits per heavy atom. The summed E-state index contributed by atoms with van der Waals surface area (Å²) in [5.41, 5.74) is 3.51. The quantitative estimate of drug-likeness (QED) is 0.503. The Morgan fingerprint density at radius 2 is 1.60 bits per heavy atom. The second-order valence-corrected chi connectivity index (χ2v) is 10.7. The first-order valence-corrected chi connectivity index (χ1v) is 13.2. The van der Waals surface area contributed by atoms with Gasteiger partial charge >= 0.3 is 0 Å². The highest BCUT2D eigenvalue weighted by Crippen LogP contribution is 2.22. The average Bonchev–Trinajstić information content (AvgIpc) is 2.82. The van der Waals surface area contributed by atoms with Gasteiger partial charge in [0.25, 0.3) is 15.9 Å². The lowest BCUT2D eigenvalue weighted by atomic mass is 10.1. The van der Waals surface area contributed by atoms with Crippen LogP contribution in [0.25, 0.3) is 0 Å². The molecule has 0 aromatic heterocycles. The number of amides is 1. The molecule has 1 fully saturated rings. The fourth-order valence-electron chi connectivity index (χ4n) is 4.09. The van der Waals surface area contributed by atoms with Crippen LogP contribution >= 0.6 is 11.6 Å². The van der Waals surface area contributed by atoms with Crippen molar-refractivity contribution in [2.45, 2.75) is 18.7 Å². The lowest BCUT2D eigenvalue weighted by Crippen LogP contribution is -2.50. The van der Waals surface area contributed by atoms with Crippen LogP contribution in [0.15, 0.2) is 71.6 Å². The number of piperazine rings is 1. The van der Waals surface area contributed by atoms with Gasteiger partial charge in [-0.25, -0.2) is 8.42 Å². The van der Waals surface area contributed by atoms with E-state index in [-0.39, 0.29) is 17.4 Å². The standard InChI is InChI=1S/C26H28ClN3O4S/c1-19-14-20(2)16-22(15-19)28-35(32,33)25-8-6-24(7-9-25)34-18-26(31)30-12-10-29(11-13-30)23-5-3-4-21(27)17-23/h3-9,14-17,28H,10-13,18H2,1-2H3. The zero-order chi connectivity index (χ0) is 25.0. The zero-order valence-electron chi connectivity index (χ0n) is 19.7. The number of carbonyl (C=O) groups is 1. The summed E-state index contributed by atoms with van der Waals surface area (Å²) in [6, 6.07) is 19.3. The van der Waals surface area contributed by atoms with Crippen molar-refractivity contribution < 1.29 is 17.9 Å². The second-order valence-electron chi connectivity index (χ2n) is 8.59. The van der Waals surface area contributed by atoms with Crippen molar-refractivity contribution >= 4 is 38.9 Å². The molecule has 0 radical (unpaired) electrons. The predicted octanol–water partition coefficient (Wildman–Crippen LogP) is 4.49. The highest BCUT2D eigenvalue weighted by atomic mass is 35.5. The molecule has 35 heavy (non-hydrogen) atoms. The van der Waals surface area contributed by atoms with Crippen LogP contribution in [0.1, 0.15) is 11.1 Å². The Labute approximate surface area is 211 Å². The number of halogens is 1. The molecule has 3 aromatic carbocycles. The summed E-state index contributed by atoms with van der Waals surface area (Å²) in [6.45, 7) is 6.34. The number of hydrogen-bond acceptors (Lipinski definition) is 5. The first-order chi connectivity index (χ1) is 16.7. The van der Waals surface area contributed by atoms with Gasteiger partial charge in [-0.05, 0) is 79.6 Å². The minimum Gasteiger partial charge on any atom is -0.484 e. The molecule has 9 heteroatoms.